The van der Waals surface area contributed by atoms with Crippen LogP contribution >= 0.6 is 11.6 Å². The second kappa shape index (κ2) is 9.38. The van der Waals surface area contributed by atoms with Crippen LogP contribution in [-0.2, 0) is 11.3 Å². The van der Waals surface area contributed by atoms with Crippen molar-refractivity contribution in [3.8, 4) is 0 Å². The quantitative estimate of drug-likeness (QED) is 0.614. The molecule has 1 atom stereocenters. The SMILES string of the molecule is C[C@@]1(C(C(F)(F)F)C(F)(F)F)CN(Cc2ccc(N3CCOCC3)cc2Cl)CCN1C(=O)O. The van der Waals surface area contributed by atoms with Crippen molar-refractivity contribution in [2.75, 3.05) is 50.8 Å². The molecule has 1 amide bonds. The molecule has 2 aliphatic heterocycles. The van der Waals surface area contributed by atoms with Crippen LogP contribution in [0.15, 0.2) is 18.2 Å². The van der Waals surface area contributed by atoms with Crippen molar-refractivity contribution in [2.45, 2.75) is 31.4 Å². The van der Waals surface area contributed by atoms with Crippen molar-refractivity contribution >= 4 is 23.4 Å². The average molecular weight is 504 g/mol. The number of piperazine rings is 1. The molecule has 2 saturated heterocycles. The van der Waals surface area contributed by atoms with Gasteiger partial charge in [-0.3, -0.25) is 9.80 Å². The molecular weight excluding hydrogens is 480 g/mol. The van der Waals surface area contributed by atoms with E-state index in [0.29, 0.717) is 43.8 Å². The number of rotatable bonds is 4. The Kier molecular flexibility index (Phi) is 7.30. The number of benzene rings is 1. The van der Waals surface area contributed by atoms with Crippen LogP contribution in [0.3, 0.4) is 0 Å². The van der Waals surface area contributed by atoms with Gasteiger partial charge >= 0.3 is 18.4 Å². The number of hydrogen-bond donors (Lipinski definition) is 1. The summed E-state index contributed by atoms with van der Waals surface area (Å²) in [6.45, 7) is 1.84. The van der Waals surface area contributed by atoms with Gasteiger partial charge in [0.2, 0.25) is 0 Å². The highest BCUT2D eigenvalue weighted by atomic mass is 35.5. The zero-order valence-corrected chi connectivity index (χ0v) is 18.5. The van der Waals surface area contributed by atoms with Crippen LogP contribution in [0, 0.1) is 5.92 Å². The molecule has 13 heteroatoms. The van der Waals surface area contributed by atoms with Crippen molar-refractivity contribution < 1.29 is 41.0 Å². The minimum absolute atomic E-state index is 0.0201. The molecule has 6 nitrogen and oxygen atoms in total. The molecule has 0 aliphatic carbocycles. The number of hydrogen-bond acceptors (Lipinski definition) is 4. The predicted molar refractivity (Wildman–Crippen MR) is 108 cm³/mol. The number of anilines is 1. The van der Waals surface area contributed by atoms with Gasteiger partial charge in [0.1, 0.15) is 0 Å². The summed E-state index contributed by atoms with van der Waals surface area (Å²) in [4.78, 5) is 15.3. The number of ether oxygens (including phenoxy) is 1. The zero-order chi connectivity index (χ0) is 24.6. The molecule has 0 unspecified atom stereocenters. The Morgan fingerprint density at radius 2 is 1.73 bits per heavy atom. The molecule has 0 bridgehead atoms. The average Bonchev–Trinajstić information content (AvgIpc) is 2.67. The summed E-state index contributed by atoms with van der Waals surface area (Å²) >= 11 is 6.38. The number of nitrogens with zero attached hydrogens (tertiary/aromatic N) is 3. The molecule has 0 aromatic heterocycles. The van der Waals surface area contributed by atoms with Crippen LogP contribution in [0.4, 0.5) is 36.8 Å². The van der Waals surface area contributed by atoms with E-state index in [0.717, 1.165) is 5.69 Å². The van der Waals surface area contributed by atoms with Gasteiger partial charge in [0.25, 0.3) is 0 Å². The van der Waals surface area contributed by atoms with Crippen LogP contribution in [0.25, 0.3) is 0 Å². The lowest BCUT2D eigenvalue weighted by molar-refractivity contribution is -0.316. The molecule has 0 saturated carbocycles. The fourth-order valence-electron chi connectivity index (χ4n) is 4.62. The molecule has 33 heavy (non-hydrogen) atoms. The molecule has 0 spiro atoms. The van der Waals surface area contributed by atoms with Gasteiger partial charge in [-0.2, -0.15) is 26.3 Å². The largest absolute Gasteiger partial charge is 0.465 e. The van der Waals surface area contributed by atoms with Gasteiger partial charge in [-0.15, -0.1) is 0 Å². The maximum absolute atomic E-state index is 13.5. The topological polar surface area (TPSA) is 56.2 Å². The lowest BCUT2D eigenvalue weighted by Crippen LogP contribution is -2.70. The minimum atomic E-state index is -5.68. The smallest absolute Gasteiger partial charge is 0.407 e. The number of alkyl halides is 6. The maximum atomic E-state index is 13.5. The fraction of sp³-hybridized carbons (Fsp3) is 0.650. The van der Waals surface area contributed by atoms with Gasteiger partial charge in [0.15, 0.2) is 5.92 Å². The highest BCUT2D eigenvalue weighted by molar-refractivity contribution is 6.31. The normalized spacial score (nSPS) is 23.3. The molecule has 1 aromatic rings. The number of amides is 1. The summed E-state index contributed by atoms with van der Waals surface area (Å²) in [5, 5.41) is 9.69. The van der Waals surface area contributed by atoms with Crippen molar-refractivity contribution in [2.24, 2.45) is 5.92 Å². The fourth-order valence-corrected chi connectivity index (χ4v) is 4.86. The van der Waals surface area contributed by atoms with E-state index in [-0.39, 0.29) is 18.0 Å². The van der Waals surface area contributed by atoms with Gasteiger partial charge in [-0.25, -0.2) is 4.79 Å². The monoisotopic (exact) mass is 503 g/mol. The summed E-state index contributed by atoms with van der Waals surface area (Å²) in [5.41, 5.74) is -1.40. The van der Waals surface area contributed by atoms with Crippen molar-refractivity contribution in [3.05, 3.63) is 28.8 Å². The number of carboxylic acid groups (broad SMARTS) is 1. The second-order valence-corrected chi connectivity index (χ2v) is 8.80. The van der Waals surface area contributed by atoms with Crippen LogP contribution in [0.1, 0.15) is 12.5 Å². The Morgan fingerprint density at radius 1 is 1.12 bits per heavy atom. The lowest BCUT2D eigenvalue weighted by atomic mass is 9.80. The summed E-state index contributed by atoms with van der Waals surface area (Å²) in [5.74, 6) is -3.84. The summed E-state index contributed by atoms with van der Waals surface area (Å²) < 4.78 is 86.5. The number of carbonyl (C=O) groups is 1. The molecule has 2 heterocycles. The Morgan fingerprint density at radius 3 is 2.24 bits per heavy atom. The minimum Gasteiger partial charge on any atom is -0.465 e. The van der Waals surface area contributed by atoms with E-state index in [1.807, 2.05) is 0 Å². The third kappa shape index (κ3) is 5.60. The second-order valence-electron chi connectivity index (χ2n) is 8.39. The molecule has 2 aliphatic rings. The summed E-state index contributed by atoms with van der Waals surface area (Å²) in [6.07, 6.45) is -13.2. The highest BCUT2D eigenvalue weighted by Crippen LogP contribution is 2.49. The van der Waals surface area contributed by atoms with Gasteiger partial charge < -0.3 is 14.7 Å². The van der Waals surface area contributed by atoms with E-state index in [1.165, 1.54) is 4.90 Å². The zero-order valence-electron chi connectivity index (χ0n) is 17.7. The molecule has 186 valence electrons. The van der Waals surface area contributed by atoms with Crippen LogP contribution < -0.4 is 4.90 Å². The third-order valence-electron chi connectivity index (χ3n) is 6.11. The standard InChI is InChI=1S/C20H24ClF6N3O3/c1-18(16(19(22,23)24)20(25,26)27)12-28(4-5-30(18)17(31)32)11-13-2-3-14(10-15(13)21)29-6-8-33-9-7-29/h2-3,10,16H,4-9,11-12H2,1H3,(H,31,32)/t18-/m0/s1. The number of halogens is 7. The molecule has 3 rings (SSSR count). The van der Waals surface area contributed by atoms with Crippen LogP contribution in [0.2, 0.25) is 5.02 Å². The Hall–Kier alpha value is -1.92. The molecule has 1 N–H and O–H groups in total. The maximum Gasteiger partial charge on any atom is 0.407 e. The Labute approximate surface area is 191 Å². The first kappa shape index (κ1) is 25.7. The predicted octanol–water partition coefficient (Wildman–Crippen LogP) is 4.47. The van der Waals surface area contributed by atoms with Crippen LogP contribution in [0.5, 0.6) is 0 Å². The molecule has 2 fully saturated rings. The van der Waals surface area contributed by atoms with Gasteiger partial charge in [0, 0.05) is 50.0 Å². The van der Waals surface area contributed by atoms with E-state index < -0.39 is 43.0 Å². The van der Waals surface area contributed by atoms with Gasteiger partial charge in [-0.1, -0.05) is 17.7 Å². The van der Waals surface area contributed by atoms with Crippen molar-refractivity contribution in [3.63, 3.8) is 0 Å². The van der Waals surface area contributed by atoms with Crippen LogP contribution in [-0.4, -0.2) is 84.8 Å². The molecule has 1 aromatic carbocycles. The number of morpholine rings is 1. The van der Waals surface area contributed by atoms with Crippen molar-refractivity contribution in [1.29, 1.82) is 0 Å². The van der Waals surface area contributed by atoms with Gasteiger partial charge in [-0.05, 0) is 24.6 Å². The first-order chi connectivity index (χ1) is 15.2. The lowest BCUT2D eigenvalue weighted by Gasteiger charge is -2.51. The molecule has 0 radical (unpaired) electrons. The summed E-state index contributed by atoms with van der Waals surface area (Å²) in [7, 11) is 0. The van der Waals surface area contributed by atoms with E-state index in [9.17, 15) is 36.2 Å². The highest BCUT2D eigenvalue weighted by Gasteiger charge is 2.68. The first-order valence-corrected chi connectivity index (χ1v) is 10.6. The van der Waals surface area contributed by atoms with Crippen molar-refractivity contribution in [1.82, 2.24) is 9.80 Å². The van der Waals surface area contributed by atoms with Gasteiger partial charge in [0.05, 0.1) is 18.8 Å². The van der Waals surface area contributed by atoms with E-state index in [4.69, 9.17) is 16.3 Å². The molecular formula is C20H24ClF6N3O3. The third-order valence-corrected chi connectivity index (χ3v) is 6.47. The van der Waals surface area contributed by atoms with E-state index in [2.05, 4.69) is 4.90 Å². The van der Waals surface area contributed by atoms with E-state index in [1.54, 1.807) is 18.2 Å². The Balaban J connectivity index is 1.85. The summed E-state index contributed by atoms with van der Waals surface area (Å²) in [6, 6.07) is 5.16. The Bertz CT molecular complexity index is 848. The first-order valence-electron chi connectivity index (χ1n) is 10.2. The van der Waals surface area contributed by atoms with E-state index >= 15 is 0 Å².